The van der Waals surface area contributed by atoms with Crippen molar-refractivity contribution in [2.24, 2.45) is 0 Å². The number of piperidine rings is 1. The van der Waals surface area contributed by atoms with Crippen LogP contribution in [0.15, 0.2) is 42.5 Å². The molecule has 0 spiro atoms. The van der Waals surface area contributed by atoms with Crippen LogP contribution < -0.4 is 15.0 Å². The summed E-state index contributed by atoms with van der Waals surface area (Å²) >= 11 is 0. The first kappa shape index (κ1) is 19.5. The van der Waals surface area contributed by atoms with Gasteiger partial charge in [0.15, 0.2) is 6.61 Å². The molecule has 2 amide bonds. The Morgan fingerprint density at radius 3 is 2.55 bits per heavy atom. The van der Waals surface area contributed by atoms with Gasteiger partial charge in [0.2, 0.25) is 0 Å². The van der Waals surface area contributed by atoms with Gasteiger partial charge in [0, 0.05) is 24.3 Å². The number of nitrogens with zero attached hydrogens (tertiary/aromatic N) is 2. The van der Waals surface area contributed by atoms with Crippen LogP contribution in [0.1, 0.15) is 35.2 Å². The molecule has 6 nitrogen and oxygen atoms in total. The molecule has 152 valence electrons. The molecule has 0 aromatic heterocycles. The quantitative estimate of drug-likeness (QED) is 0.845. The molecular formula is C23H27N3O3. The Morgan fingerprint density at radius 1 is 1.03 bits per heavy atom. The van der Waals surface area contributed by atoms with E-state index >= 15 is 0 Å². The third-order valence-electron chi connectivity index (χ3n) is 5.56. The van der Waals surface area contributed by atoms with E-state index in [0.29, 0.717) is 23.5 Å². The Labute approximate surface area is 171 Å². The highest BCUT2D eigenvalue weighted by Gasteiger charge is 2.26. The lowest BCUT2D eigenvalue weighted by Gasteiger charge is -2.33. The van der Waals surface area contributed by atoms with Gasteiger partial charge in [-0.1, -0.05) is 24.1 Å². The summed E-state index contributed by atoms with van der Waals surface area (Å²) in [4.78, 5) is 29.3. The molecule has 6 heteroatoms. The number of carbonyl (C=O) groups is 2. The van der Waals surface area contributed by atoms with Gasteiger partial charge < -0.3 is 19.9 Å². The first-order valence-electron chi connectivity index (χ1n) is 10.3. The van der Waals surface area contributed by atoms with Gasteiger partial charge in [-0.3, -0.25) is 9.59 Å². The van der Waals surface area contributed by atoms with Gasteiger partial charge in [-0.2, -0.15) is 0 Å². The van der Waals surface area contributed by atoms with E-state index in [1.54, 1.807) is 17.0 Å². The zero-order valence-corrected chi connectivity index (χ0v) is 16.8. The van der Waals surface area contributed by atoms with E-state index in [1.165, 1.54) is 19.3 Å². The molecule has 0 saturated carbocycles. The molecule has 29 heavy (non-hydrogen) atoms. The zero-order chi connectivity index (χ0) is 20.2. The standard InChI is InChI=1S/C23H27N3O3/c1-17-5-7-18(8-6-17)23(28)24-19-9-10-21-20(15-19)26(22(27)16-29-21)14-13-25-11-3-2-4-12-25/h5-10,15H,2-4,11-14,16H2,1H3,(H,24,28). The number of nitrogens with one attached hydrogen (secondary N) is 1. The van der Waals surface area contributed by atoms with Crippen molar-refractivity contribution in [1.82, 2.24) is 4.90 Å². The average Bonchev–Trinajstić information content (AvgIpc) is 2.74. The minimum atomic E-state index is -0.173. The van der Waals surface area contributed by atoms with E-state index in [-0.39, 0.29) is 18.4 Å². The summed E-state index contributed by atoms with van der Waals surface area (Å²) in [6.07, 6.45) is 3.74. The summed E-state index contributed by atoms with van der Waals surface area (Å²) in [5.74, 6) is 0.459. The molecule has 1 N–H and O–H groups in total. The van der Waals surface area contributed by atoms with Crippen molar-refractivity contribution in [3.05, 3.63) is 53.6 Å². The second kappa shape index (κ2) is 8.66. The van der Waals surface area contributed by atoms with Crippen LogP contribution in [0, 0.1) is 6.92 Å². The number of anilines is 2. The van der Waals surface area contributed by atoms with Crippen LogP contribution in [-0.4, -0.2) is 49.5 Å². The van der Waals surface area contributed by atoms with Crippen molar-refractivity contribution in [3.63, 3.8) is 0 Å². The SMILES string of the molecule is Cc1ccc(C(=O)Nc2ccc3c(c2)N(CCN2CCCCC2)C(=O)CO3)cc1. The Bertz CT molecular complexity index is 889. The van der Waals surface area contributed by atoms with E-state index in [1.807, 2.05) is 37.3 Å². The van der Waals surface area contributed by atoms with E-state index in [4.69, 9.17) is 4.74 Å². The second-order valence-corrected chi connectivity index (χ2v) is 7.74. The molecule has 1 fully saturated rings. The van der Waals surface area contributed by atoms with Gasteiger partial charge in [-0.15, -0.1) is 0 Å². The molecule has 2 aliphatic rings. The number of rotatable bonds is 5. The van der Waals surface area contributed by atoms with Gasteiger partial charge in [0.25, 0.3) is 11.8 Å². The molecule has 2 aliphatic heterocycles. The lowest BCUT2D eigenvalue weighted by Crippen LogP contribution is -2.44. The largest absolute Gasteiger partial charge is 0.482 e. The third kappa shape index (κ3) is 4.59. The number of hydrogen-bond acceptors (Lipinski definition) is 4. The maximum Gasteiger partial charge on any atom is 0.265 e. The number of benzene rings is 2. The number of fused-ring (bicyclic) bond motifs is 1. The average molecular weight is 393 g/mol. The lowest BCUT2D eigenvalue weighted by molar-refractivity contribution is -0.121. The molecule has 2 aromatic carbocycles. The number of carbonyl (C=O) groups excluding carboxylic acids is 2. The monoisotopic (exact) mass is 393 g/mol. The molecule has 0 aliphatic carbocycles. The van der Waals surface area contributed by atoms with Gasteiger partial charge in [0.1, 0.15) is 5.75 Å². The van der Waals surface area contributed by atoms with Crippen LogP contribution in [0.3, 0.4) is 0 Å². The van der Waals surface area contributed by atoms with Gasteiger partial charge in [0.05, 0.1) is 5.69 Å². The van der Waals surface area contributed by atoms with E-state index in [9.17, 15) is 9.59 Å². The normalized spacial score (nSPS) is 16.9. The number of likely N-dealkylation sites (tertiary alicyclic amines) is 1. The van der Waals surface area contributed by atoms with Crippen LogP contribution in [0.2, 0.25) is 0 Å². The summed E-state index contributed by atoms with van der Waals surface area (Å²) in [5.41, 5.74) is 3.08. The Hall–Kier alpha value is -2.86. The second-order valence-electron chi connectivity index (χ2n) is 7.74. The summed E-state index contributed by atoms with van der Waals surface area (Å²) < 4.78 is 5.60. The molecule has 1 saturated heterocycles. The summed E-state index contributed by atoms with van der Waals surface area (Å²) in [6.45, 7) is 5.72. The number of aryl methyl sites for hydroxylation is 1. The smallest absolute Gasteiger partial charge is 0.265 e. The van der Waals surface area contributed by atoms with E-state index < -0.39 is 0 Å². The van der Waals surface area contributed by atoms with Crippen LogP contribution in [-0.2, 0) is 4.79 Å². The molecule has 2 heterocycles. The minimum absolute atomic E-state index is 0.0449. The maximum atomic E-state index is 12.5. The van der Waals surface area contributed by atoms with Gasteiger partial charge >= 0.3 is 0 Å². The van der Waals surface area contributed by atoms with Crippen molar-refractivity contribution >= 4 is 23.2 Å². The fourth-order valence-electron chi connectivity index (χ4n) is 3.86. The topological polar surface area (TPSA) is 61.9 Å². The molecule has 0 bridgehead atoms. The molecular weight excluding hydrogens is 366 g/mol. The van der Waals surface area contributed by atoms with Gasteiger partial charge in [-0.25, -0.2) is 0 Å². The van der Waals surface area contributed by atoms with Crippen LogP contribution >= 0.6 is 0 Å². The van der Waals surface area contributed by atoms with Crippen LogP contribution in [0.25, 0.3) is 0 Å². The van der Waals surface area contributed by atoms with E-state index in [0.717, 1.165) is 30.9 Å². The number of hydrogen-bond donors (Lipinski definition) is 1. The predicted octanol–water partition coefficient (Wildman–Crippen LogP) is 3.46. The first-order valence-corrected chi connectivity index (χ1v) is 10.3. The Kier molecular flexibility index (Phi) is 5.81. The number of amides is 2. The van der Waals surface area contributed by atoms with Crippen LogP contribution in [0.4, 0.5) is 11.4 Å². The highest BCUT2D eigenvalue weighted by Crippen LogP contribution is 2.34. The number of ether oxygens (including phenoxy) is 1. The molecule has 0 radical (unpaired) electrons. The van der Waals surface area contributed by atoms with Gasteiger partial charge in [-0.05, 0) is 63.2 Å². The van der Waals surface area contributed by atoms with E-state index in [2.05, 4.69) is 10.2 Å². The predicted molar refractivity (Wildman–Crippen MR) is 114 cm³/mol. The minimum Gasteiger partial charge on any atom is -0.482 e. The molecule has 2 aromatic rings. The lowest BCUT2D eigenvalue weighted by atomic mass is 10.1. The summed E-state index contributed by atoms with van der Waals surface area (Å²) in [7, 11) is 0. The Morgan fingerprint density at radius 2 is 1.79 bits per heavy atom. The van der Waals surface area contributed by atoms with Crippen molar-refractivity contribution in [3.8, 4) is 5.75 Å². The fraction of sp³-hybridized carbons (Fsp3) is 0.391. The first-order chi connectivity index (χ1) is 14.1. The van der Waals surface area contributed by atoms with Crippen molar-refractivity contribution in [2.75, 3.05) is 43.0 Å². The summed E-state index contributed by atoms with van der Waals surface area (Å²) in [5, 5.41) is 2.93. The molecule has 4 rings (SSSR count). The Balaban J connectivity index is 1.49. The third-order valence-corrected chi connectivity index (χ3v) is 5.56. The highest BCUT2D eigenvalue weighted by atomic mass is 16.5. The molecule has 0 atom stereocenters. The summed E-state index contributed by atoms with van der Waals surface area (Å²) in [6, 6.07) is 12.9. The maximum absolute atomic E-state index is 12.5. The fourth-order valence-corrected chi connectivity index (χ4v) is 3.86. The zero-order valence-electron chi connectivity index (χ0n) is 16.8. The van der Waals surface area contributed by atoms with Crippen molar-refractivity contribution in [1.29, 1.82) is 0 Å². The molecule has 0 unspecified atom stereocenters. The van der Waals surface area contributed by atoms with Crippen LogP contribution in [0.5, 0.6) is 5.75 Å². The highest BCUT2D eigenvalue weighted by molar-refractivity contribution is 6.05. The van der Waals surface area contributed by atoms with Crippen molar-refractivity contribution in [2.45, 2.75) is 26.2 Å². The van der Waals surface area contributed by atoms with Crippen molar-refractivity contribution < 1.29 is 14.3 Å².